The Morgan fingerprint density at radius 2 is 0.829 bits per heavy atom. The Kier molecular flexibility index (Phi) is 29.7. The number of ether oxygens (including phenoxy) is 9. The lowest BCUT2D eigenvalue weighted by Gasteiger charge is -2.21. The average Bonchev–Trinajstić information content (AvgIpc) is 2.94. The van der Waals surface area contributed by atoms with Crippen molar-refractivity contribution in [3.8, 4) is 0 Å². The van der Waals surface area contributed by atoms with Gasteiger partial charge in [0.2, 0.25) is 0 Å². The van der Waals surface area contributed by atoms with Crippen LogP contribution in [0, 0.1) is 0 Å². The fourth-order valence-electron chi connectivity index (χ4n) is 3.00. The lowest BCUT2D eigenvalue weighted by molar-refractivity contribution is -0.0253. The summed E-state index contributed by atoms with van der Waals surface area (Å²) in [5, 5.41) is 8.56. The van der Waals surface area contributed by atoms with Crippen molar-refractivity contribution in [1.29, 1.82) is 0 Å². The summed E-state index contributed by atoms with van der Waals surface area (Å²) >= 11 is 5.63. The number of hydrogen-bond donors (Lipinski definition) is 2. The highest BCUT2D eigenvalue weighted by atomic mass is 35.5. The van der Waals surface area contributed by atoms with Gasteiger partial charge in [-0.1, -0.05) is 0 Å². The second-order valence-electron chi connectivity index (χ2n) is 9.47. The third kappa shape index (κ3) is 32.5. The Balaban J connectivity index is 3.21. The molecule has 0 unspecified atom stereocenters. The van der Waals surface area contributed by atoms with Gasteiger partial charge in [-0.15, -0.1) is 0 Å². The minimum Gasteiger partial charge on any atom is -0.394 e. The number of hydrogen-bond acceptors (Lipinski definition) is 13. The van der Waals surface area contributed by atoms with Crippen LogP contribution in [-0.4, -0.2) is 156 Å². The standard InChI is InChI=1S/C26H54ClNO12S/c1-26(2,28-27)4-3-24-41(30,31)25-23-40-22-21-39-20-19-38-18-17-37-16-15-36-14-13-35-12-11-34-10-9-33-8-7-32-6-5-29/h28-29H,3-25H2,1-2H3. The summed E-state index contributed by atoms with van der Waals surface area (Å²) in [4.78, 5) is 2.65. The highest BCUT2D eigenvalue weighted by Gasteiger charge is 2.18. The van der Waals surface area contributed by atoms with Crippen molar-refractivity contribution < 1.29 is 56.2 Å². The minimum absolute atomic E-state index is 0.00177. The zero-order chi connectivity index (χ0) is 30.3. The van der Waals surface area contributed by atoms with E-state index in [1.807, 2.05) is 13.8 Å². The van der Waals surface area contributed by atoms with E-state index in [-0.39, 0.29) is 30.3 Å². The van der Waals surface area contributed by atoms with Crippen LogP contribution in [0.1, 0.15) is 26.7 Å². The van der Waals surface area contributed by atoms with Crippen molar-refractivity contribution in [2.24, 2.45) is 0 Å². The van der Waals surface area contributed by atoms with E-state index in [1.54, 1.807) is 0 Å². The van der Waals surface area contributed by atoms with Crippen LogP contribution in [0.15, 0.2) is 0 Å². The fraction of sp³-hybridized carbons (Fsp3) is 1.00. The third-order valence-electron chi connectivity index (χ3n) is 5.26. The van der Waals surface area contributed by atoms with Crippen LogP contribution in [0.3, 0.4) is 0 Å². The Bertz CT molecular complexity index is 646. The molecule has 0 aliphatic rings. The van der Waals surface area contributed by atoms with Crippen molar-refractivity contribution >= 4 is 21.6 Å². The number of nitrogens with one attached hydrogen (secondary N) is 1. The summed E-state index contributed by atoms with van der Waals surface area (Å²) in [6.45, 7) is 11.7. The third-order valence-corrected chi connectivity index (χ3v) is 7.47. The summed E-state index contributed by atoms with van der Waals surface area (Å²) in [7, 11) is -3.14. The van der Waals surface area contributed by atoms with Gasteiger partial charge < -0.3 is 47.7 Å². The summed E-state index contributed by atoms with van der Waals surface area (Å²) in [5.41, 5.74) is -0.290. The van der Waals surface area contributed by atoms with Crippen molar-refractivity contribution in [3.05, 3.63) is 0 Å². The molecule has 0 atom stereocenters. The Labute approximate surface area is 251 Å². The smallest absolute Gasteiger partial charge is 0.152 e. The molecule has 0 fully saturated rings. The van der Waals surface area contributed by atoms with Gasteiger partial charge in [0, 0.05) is 5.54 Å². The summed E-state index contributed by atoms with van der Waals surface area (Å²) in [5.74, 6) is 0.125. The molecule has 0 spiro atoms. The highest BCUT2D eigenvalue weighted by Crippen LogP contribution is 2.13. The van der Waals surface area contributed by atoms with E-state index >= 15 is 0 Å². The number of halogens is 1. The maximum Gasteiger partial charge on any atom is 0.152 e. The molecule has 41 heavy (non-hydrogen) atoms. The lowest BCUT2D eigenvalue weighted by Crippen LogP contribution is -2.33. The quantitative estimate of drug-likeness (QED) is 0.0757. The van der Waals surface area contributed by atoms with Gasteiger partial charge in [0.15, 0.2) is 9.84 Å². The van der Waals surface area contributed by atoms with Crippen LogP contribution in [0.4, 0.5) is 0 Å². The van der Waals surface area contributed by atoms with Crippen molar-refractivity contribution in [2.75, 3.05) is 137 Å². The minimum atomic E-state index is -3.14. The molecule has 0 saturated heterocycles. The van der Waals surface area contributed by atoms with Gasteiger partial charge in [-0.05, 0) is 38.5 Å². The topological polar surface area (TPSA) is 149 Å². The van der Waals surface area contributed by atoms with Crippen LogP contribution in [0.25, 0.3) is 0 Å². The number of aliphatic hydroxyl groups excluding tert-OH is 1. The predicted molar refractivity (Wildman–Crippen MR) is 155 cm³/mol. The maximum atomic E-state index is 12.0. The van der Waals surface area contributed by atoms with E-state index in [0.717, 1.165) is 0 Å². The first kappa shape index (κ1) is 40.8. The molecule has 248 valence electrons. The maximum absolute atomic E-state index is 12.0. The molecule has 0 amide bonds. The van der Waals surface area contributed by atoms with Gasteiger partial charge >= 0.3 is 0 Å². The van der Waals surface area contributed by atoms with Crippen LogP contribution >= 0.6 is 11.8 Å². The summed E-state index contributed by atoms with van der Waals surface area (Å²) < 4.78 is 72.3. The van der Waals surface area contributed by atoms with E-state index in [2.05, 4.69) is 4.84 Å². The predicted octanol–water partition coefficient (Wildman–Crippen LogP) is 0.845. The molecule has 0 aliphatic carbocycles. The molecule has 0 saturated carbocycles. The van der Waals surface area contributed by atoms with Gasteiger partial charge in [-0.2, -0.15) is 0 Å². The van der Waals surface area contributed by atoms with Crippen LogP contribution in [0.5, 0.6) is 0 Å². The first-order valence-electron chi connectivity index (χ1n) is 14.2. The van der Waals surface area contributed by atoms with Crippen molar-refractivity contribution in [1.82, 2.24) is 4.84 Å². The molecule has 0 heterocycles. The number of sulfone groups is 1. The Hall–Kier alpha value is -0.200. The zero-order valence-corrected chi connectivity index (χ0v) is 26.6. The first-order chi connectivity index (χ1) is 19.8. The van der Waals surface area contributed by atoms with Crippen LogP contribution in [-0.2, 0) is 52.5 Å². The molecule has 0 rings (SSSR count). The Morgan fingerprint density at radius 3 is 1.12 bits per heavy atom. The molecule has 0 aromatic rings. The van der Waals surface area contributed by atoms with Gasteiger partial charge in [0.05, 0.1) is 137 Å². The van der Waals surface area contributed by atoms with Gasteiger partial charge in [0.25, 0.3) is 0 Å². The van der Waals surface area contributed by atoms with Gasteiger partial charge in [-0.3, -0.25) is 0 Å². The molecule has 15 heteroatoms. The van der Waals surface area contributed by atoms with Gasteiger partial charge in [-0.25, -0.2) is 13.3 Å². The zero-order valence-electron chi connectivity index (χ0n) is 25.0. The molecule has 2 N–H and O–H groups in total. The van der Waals surface area contributed by atoms with Crippen molar-refractivity contribution in [2.45, 2.75) is 32.2 Å². The second kappa shape index (κ2) is 29.9. The molecule has 0 aliphatic heterocycles. The van der Waals surface area contributed by atoms with Crippen LogP contribution in [0.2, 0.25) is 0 Å². The van der Waals surface area contributed by atoms with E-state index < -0.39 is 9.84 Å². The molecule has 0 aromatic carbocycles. The SMILES string of the molecule is CC(C)(CCCS(=O)(=O)CCOCCOCCOCCOCCOCCOCCOCCOCCOCCO)NCl. The first-order valence-corrected chi connectivity index (χ1v) is 16.4. The second-order valence-corrected chi connectivity index (χ2v) is 12.0. The molecule has 13 nitrogen and oxygen atoms in total. The normalized spacial score (nSPS) is 12.4. The van der Waals surface area contributed by atoms with E-state index in [1.165, 1.54) is 0 Å². The molecule has 0 radical (unpaired) electrons. The fourth-order valence-corrected chi connectivity index (χ4v) is 4.25. The summed E-state index contributed by atoms with van der Waals surface area (Å²) in [6, 6.07) is 0. The monoisotopic (exact) mass is 639 g/mol. The van der Waals surface area contributed by atoms with E-state index in [9.17, 15) is 8.42 Å². The number of aliphatic hydroxyl groups is 1. The summed E-state index contributed by atoms with van der Waals surface area (Å²) in [6.07, 6.45) is 1.22. The van der Waals surface area contributed by atoms with Crippen molar-refractivity contribution in [3.63, 3.8) is 0 Å². The highest BCUT2D eigenvalue weighted by molar-refractivity contribution is 7.91. The van der Waals surface area contributed by atoms with Crippen LogP contribution < -0.4 is 4.84 Å². The lowest BCUT2D eigenvalue weighted by atomic mass is 10.0. The molecular formula is C26H54ClNO12S. The number of rotatable bonds is 34. The average molecular weight is 640 g/mol. The van der Waals surface area contributed by atoms with E-state index in [4.69, 9.17) is 59.5 Å². The largest absolute Gasteiger partial charge is 0.394 e. The molecule has 0 aromatic heterocycles. The Morgan fingerprint density at radius 1 is 0.537 bits per heavy atom. The van der Waals surface area contributed by atoms with Gasteiger partial charge in [0.1, 0.15) is 0 Å². The molecular weight excluding hydrogens is 586 g/mol. The van der Waals surface area contributed by atoms with E-state index in [0.29, 0.717) is 125 Å². The molecule has 0 bridgehead atoms.